The molecular formula is C27H29F3N10O. The molecule has 11 nitrogen and oxygen atoms in total. The molecule has 1 saturated heterocycles. The van der Waals surface area contributed by atoms with Gasteiger partial charge in [0.1, 0.15) is 5.82 Å². The lowest BCUT2D eigenvalue weighted by molar-refractivity contribution is -0.141. The third kappa shape index (κ3) is 6.32. The number of halogens is 3. The maximum absolute atomic E-state index is 13.2. The molecule has 2 fully saturated rings. The van der Waals surface area contributed by atoms with Crippen molar-refractivity contribution in [1.29, 1.82) is 0 Å². The maximum atomic E-state index is 13.2. The van der Waals surface area contributed by atoms with Gasteiger partial charge in [0.15, 0.2) is 11.5 Å². The van der Waals surface area contributed by atoms with Crippen molar-refractivity contribution in [2.75, 3.05) is 41.7 Å². The Kier molecular flexibility index (Phi) is 7.07. The first kappa shape index (κ1) is 26.7. The molecule has 1 aromatic carbocycles. The van der Waals surface area contributed by atoms with Crippen LogP contribution in [0.25, 0.3) is 0 Å². The van der Waals surface area contributed by atoms with Gasteiger partial charge in [-0.3, -0.25) is 19.5 Å². The van der Waals surface area contributed by atoms with Gasteiger partial charge in [-0.05, 0) is 36.6 Å². The van der Waals surface area contributed by atoms with E-state index in [2.05, 4.69) is 45.7 Å². The molecule has 1 amide bonds. The van der Waals surface area contributed by atoms with E-state index in [9.17, 15) is 18.0 Å². The van der Waals surface area contributed by atoms with Crippen molar-refractivity contribution in [2.45, 2.75) is 31.5 Å². The minimum absolute atomic E-state index is 0.407. The van der Waals surface area contributed by atoms with Gasteiger partial charge >= 0.3 is 6.18 Å². The molecular weight excluding hydrogens is 537 g/mol. The zero-order valence-corrected chi connectivity index (χ0v) is 22.3. The molecule has 1 aliphatic heterocycles. The van der Waals surface area contributed by atoms with Crippen LogP contribution < -0.4 is 15.5 Å². The van der Waals surface area contributed by atoms with Crippen LogP contribution in [0.1, 0.15) is 46.1 Å². The Labute approximate surface area is 233 Å². The van der Waals surface area contributed by atoms with E-state index in [1.54, 1.807) is 18.3 Å². The van der Waals surface area contributed by atoms with E-state index < -0.39 is 23.3 Å². The number of alkyl halides is 3. The standard InChI is InChI=1S/C27H29F3N10O/c1-38-16-20(24(37-38)27(28,29)30)25(41)32-19-6-2-17(3-7-19)15-39-10-12-40(13-11-39)26-31-9-8-22(34-26)33-23-14-21(35-36-23)18-4-5-18/h2-3,6-9,14,16,18H,4-5,10-13,15H2,1H3,(H,32,41)(H2,31,33,34,35,36). The Morgan fingerprint density at radius 3 is 2.54 bits per heavy atom. The van der Waals surface area contributed by atoms with E-state index in [-0.39, 0.29) is 0 Å². The summed E-state index contributed by atoms with van der Waals surface area (Å²) >= 11 is 0. The summed E-state index contributed by atoms with van der Waals surface area (Å²) in [5, 5.41) is 16.6. The number of aromatic amines is 1. The Bertz CT molecular complexity index is 1520. The highest BCUT2D eigenvalue weighted by Gasteiger charge is 2.39. The highest BCUT2D eigenvalue weighted by Crippen LogP contribution is 2.39. The monoisotopic (exact) mass is 566 g/mol. The number of rotatable bonds is 8. The first-order chi connectivity index (χ1) is 19.7. The molecule has 3 N–H and O–H groups in total. The fourth-order valence-corrected chi connectivity index (χ4v) is 4.83. The minimum atomic E-state index is -4.71. The van der Waals surface area contributed by atoms with E-state index in [1.807, 2.05) is 24.3 Å². The third-order valence-electron chi connectivity index (χ3n) is 7.13. The number of aromatic nitrogens is 6. The predicted molar refractivity (Wildman–Crippen MR) is 146 cm³/mol. The number of carbonyl (C=O) groups excluding carboxylic acids is 1. The molecule has 0 unspecified atom stereocenters. The molecule has 1 aliphatic carbocycles. The van der Waals surface area contributed by atoms with Gasteiger partial charge in [-0.25, -0.2) is 4.98 Å². The molecule has 0 spiro atoms. The van der Waals surface area contributed by atoms with Crippen molar-refractivity contribution < 1.29 is 18.0 Å². The van der Waals surface area contributed by atoms with Crippen LogP contribution in [0.2, 0.25) is 0 Å². The normalized spacial score (nSPS) is 16.1. The number of hydrogen-bond donors (Lipinski definition) is 3. The Morgan fingerprint density at radius 1 is 1.07 bits per heavy atom. The van der Waals surface area contributed by atoms with Gasteiger partial charge in [0, 0.05) is 75.5 Å². The van der Waals surface area contributed by atoms with Crippen LogP contribution in [0, 0.1) is 0 Å². The smallest absolute Gasteiger partial charge is 0.338 e. The highest BCUT2D eigenvalue weighted by molar-refractivity contribution is 6.05. The molecule has 4 aromatic rings. The highest BCUT2D eigenvalue weighted by atomic mass is 19.4. The first-order valence-corrected chi connectivity index (χ1v) is 13.3. The Balaban J connectivity index is 1.00. The summed E-state index contributed by atoms with van der Waals surface area (Å²) in [4.78, 5) is 26.1. The Hall–Kier alpha value is -4.46. The number of H-pyrrole nitrogens is 1. The van der Waals surface area contributed by atoms with Crippen molar-refractivity contribution in [3.8, 4) is 0 Å². The third-order valence-corrected chi connectivity index (χ3v) is 7.13. The fraction of sp³-hybridized carbons (Fsp3) is 0.370. The lowest BCUT2D eigenvalue weighted by Gasteiger charge is -2.34. The second-order valence-corrected chi connectivity index (χ2v) is 10.3. The molecule has 0 radical (unpaired) electrons. The molecule has 3 aromatic heterocycles. The summed E-state index contributed by atoms with van der Waals surface area (Å²) in [5.41, 5.74) is 0.866. The van der Waals surface area contributed by atoms with Gasteiger partial charge in [0.2, 0.25) is 5.95 Å². The molecule has 6 rings (SSSR count). The number of nitrogens with one attached hydrogen (secondary N) is 3. The molecule has 214 valence electrons. The van der Waals surface area contributed by atoms with E-state index in [0.717, 1.165) is 54.1 Å². The average molecular weight is 567 g/mol. The molecule has 14 heteroatoms. The van der Waals surface area contributed by atoms with Crippen molar-refractivity contribution in [3.05, 3.63) is 71.3 Å². The van der Waals surface area contributed by atoms with Crippen LogP contribution in [0.3, 0.4) is 0 Å². The summed E-state index contributed by atoms with van der Waals surface area (Å²) in [6.07, 6.45) is 0.498. The summed E-state index contributed by atoms with van der Waals surface area (Å²) in [7, 11) is 1.34. The van der Waals surface area contributed by atoms with E-state index in [1.165, 1.54) is 19.9 Å². The summed E-state index contributed by atoms with van der Waals surface area (Å²) in [6.45, 7) is 3.85. The van der Waals surface area contributed by atoms with E-state index in [4.69, 9.17) is 0 Å². The van der Waals surface area contributed by atoms with Crippen LogP contribution >= 0.6 is 0 Å². The lowest BCUT2D eigenvalue weighted by atomic mass is 10.1. The lowest BCUT2D eigenvalue weighted by Crippen LogP contribution is -2.46. The number of carbonyl (C=O) groups is 1. The zero-order chi connectivity index (χ0) is 28.6. The first-order valence-electron chi connectivity index (χ1n) is 13.3. The molecule has 0 bridgehead atoms. The molecule has 2 aliphatic rings. The topological polar surface area (TPSA) is 120 Å². The summed E-state index contributed by atoms with van der Waals surface area (Å²) in [5.74, 6) is 1.84. The van der Waals surface area contributed by atoms with Crippen LogP contribution in [0.4, 0.5) is 36.4 Å². The number of anilines is 4. The number of nitrogens with zero attached hydrogens (tertiary/aromatic N) is 7. The number of piperazine rings is 1. The quantitative estimate of drug-likeness (QED) is 0.291. The number of benzene rings is 1. The Morgan fingerprint density at radius 2 is 1.83 bits per heavy atom. The van der Waals surface area contributed by atoms with Gasteiger partial charge in [-0.1, -0.05) is 12.1 Å². The minimum Gasteiger partial charge on any atom is -0.338 e. The second kappa shape index (κ2) is 10.8. The van der Waals surface area contributed by atoms with Crippen LogP contribution in [-0.4, -0.2) is 66.9 Å². The van der Waals surface area contributed by atoms with Crippen molar-refractivity contribution in [2.24, 2.45) is 7.05 Å². The van der Waals surface area contributed by atoms with Crippen molar-refractivity contribution in [1.82, 2.24) is 34.8 Å². The van der Waals surface area contributed by atoms with Gasteiger partial charge < -0.3 is 15.5 Å². The van der Waals surface area contributed by atoms with E-state index in [0.29, 0.717) is 29.9 Å². The number of amides is 1. The molecule has 4 heterocycles. The van der Waals surface area contributed by atoms with Crippen LogP contribution in [0.15, 0.2) is 48.8 Å². The van der Waals surface area contributed by atoms with E-state index >= 15 is 0 Å². The zero-order valence-electron chi connectivity index (χ0n) is 22.3. The summed E-state index contributed by atoms with van der Waals surface area (Å²) < 4.78 is 40.6. The number of aryl methyl sites for hydroxylation is 1. The molecule has 0 atom stereocenters. The molecule has 41 heavy (non-hydrogen) atoms. The van der Waals surface area contributed by atoms with Gasteiger partial charge in [-0.15, -0.1) is 0 Å². The van der Waals surface area contributed by atoms with Gasteiger partial charge in [0.05, 0.1) is 5.56 Å². The average Bonchev–Trinajstić information content (AvgIpc) is 3.56. The van der Waals surface area contributed by atoms with Crippen molar-refractivity contribution >= 4 is 29.2 Å². The largest absolute Gasteiger partial charge is 0.435 e. The second-order valence-electron chi connectivity index (χ2n) is 10.3. The predicted octanol–water partition coefficient (Wildman–Crippen LogP) is 4.15. The van der Waals surface area contributed by atoms with Gasteiger partial charge in [-0.2, -0.15) is 28.4 Å². The summed E-state index contributed by atoms with van der Waals surface area (Å²) in [6, 6.07) is 10.9. The van der Waals surface area contributed by atoms with Crippen LogP contribution in [-0.2, 0) is 19.8 Å². The maximum Gasteiger partial charge on any atom is 0.435 e. The number of hydrogen-bond acceptors (Lipinski definition) is 8. The SMILES string of the molecule is Cn1cc(C(=O)Nc2ccc(CN3CCN(c4nccc(Nc5cc(C6CC6)[nH]n5)n4)CC3)cc2)c(C(F)(F)F)n1. The fourth-order valence-electron chi connectivity index (χ4n) is 4.83. The molecule has 1 saturated carbocycles. The van der Waals surface area contributed by atoms with Crippen molar-refractivity contribution in [3.63, 3.8) is 0 Å². The van der Waals surface area contributed by atoms with Gasteiger partial charge in [0.25, 0.3) is 5.91 Å². The van der Waals surface area contributed by atoms with Crippen LogP contribution in [0.5, 0.6) is 0 Å².